The highest BCUT2D eigenvalue weighted by Gasteiger charge is 2.29. The van der Waals surface area contributed by atoms with Crippen molar-refractivity contribution in [3.8, 4) is 11.5 Å². The van der Waals surface area contributed by atoms with Gasteiger partial charge in [-0.3, -0.25) is 4.79 Å². The van der Waals surface area contributed by atoms with Crippen molar-refractivity contribution in [2.24, 2.45) is 0 Å². The van der Waals surface area contributed by atoms with E-state index in [9.17, 15) is 18.0 Å². The van der Waals surface area contributed by atoms with Gasteiger partial charge in [0.15, 0.2) is 12.2 Å². The van der Waals surface area contributed by atoms with Crippen molar-refractivity contribution in [1.82, 2.24) is 0 Å². The third-order valence-electron chi connectivity index (χ3n) is 1.96. The minimum Gasteiger partial charge on any atom is -0.484 e. The van der Waals surface area contributed by atoms with Crippen LogP contribution in [0.5, 0.6) is 11.5 Å². The first-order chi connectivity index (χ1) is 8.81. The van der Waals surface area contributed by atoms with Crippen LogP contribution in [0.3, 0.4) is 0 Å². The van der Waals surface area contributed by atoms with E-state index in [1.165, 1.54) is 12.1 Å². The summed E-state index contributed by atoms with van der Waals surface area (Å²) in [5.74, 6) is -1.21. The number of carboxylic acids is 1. The molecule has 0 fully saturated rings. The van der Waals surface area contributed by atoms with Crippen LogP contribution in [0.2, 0.25) is 0 Å². The van der Waals surface area contributed by atoms with Crippen molar-refractivity contribution in [2.45, 2.75) is 12.6 Å². The second-order valence-electron chi connectivity index (χ2n) is 3.46. The Bertz CT molecular complexity index is 473. The van der Waals surface area contributed by atoms with Crippen LogP contribution in [0.1, 0.15) is 5.56 Å². The Morgan fingerprint density at radius 2 is 2.11 bits per heavy atom. The quantitative estimate of drug-likeness (QED) is 0.817. The summed E-state index contributed by atoms with van der Waals surface area (Å²) in [7, 11) is 0. The number of thiocarbonyl (C=S) groups is 1. The number of ether oxygens (including phenoxy) is 2. The first kappa shape index (κ1) is 15.2. The lowest BCUT2D eigenvalue weighted by molar-refractivity contribution is -0.153. The molecule has 4 nitrogen and oxygen atoms in total. The molecule has 1 aromatic carbocycles. The number of benzene rings is 1. The normalized spacial score (nSPS) is 10.9. The van der Waals surface area contributed by atoms with Crippen LogP contribution in [0.25, 0.3) is 0 Å². The van der Waals surface area contributed by atoms with Crippen molar-refractivity contribution in [2.75, 3.05) is 6.61 Å². The molecule has 1 aromatic rings. The molecule has 0 saturated carbocycles. The van der Waals surface area contributed by atoms with E-state index in [0.29, 0.717) is 0 Å². The van der Waals surface area contributed by atoms with Crippen LogP contribution in [0.4, 0.5) is 13.2 Å². The summed E-state index contributed by atoms with van der Waals surface area (Å²) in [4.78, 5) is 10.6. The predicted octanol–water partition coefficient (Wildman–Crippen LogP) is 2.59. The third-order valence-corrected chi connectivity index (χ3v) is 2.05. The molecular weight excluding hydrogens is 285 g/mol. The largest absolute Gasteiger partial charge is 0.484 e. The van der Waals surface area contributed by atoms with E-state index in [2.05, 4.69) is 17.0 Å². The zero-order valence-corrected chi connectivity index (χ0v) is 10.3. The van der Waals surface area contributed by atoms with Gasteiger partial charge in [-0.1, -0.05) is 6.07 Å². The molecule has 0 atom stereocenters. The molecule has 0 heterocycles. The Hall–Kier alpha value is -1.83. The van der Waals surface area contributed by atoms with Crippen molar-refractivity contribution in [3.05, 3.63) is 23.8 Å². The molecule has 0 spiro atoms. The standard InChI is InChI=1S/C11H9F3O4S/c12-11(13,14)5-17-9-4-8(18-6-19)2-1-7(9)3-10(15)16/h1-2,4,6H,3,5H2,(H,15,16). The summed E-state index contributed by atoms with van der Waals surface area (Å²) in [6.45, 7) is -1.51. The van der Waals surface area contributed by atoms with E-state index < -0.39 is 25.2 Å². The van der Waals surface area contributed by atoms with Gasteiger partial charge in [-0.2, -0.15) is 13.2 Å². The number of halogens is 3. The van der Waals surface area contributed by atoms with Gasteiger partial charge in [0, 0.05) is 11.6 Å². The van der Waals surface area contributed by atoms with Crippen molar-refractivity contribution in [3.63, 3.8) is 0 Å². The first-order valence-electron chi connectivity index (χ1n) is 4.96. The maximum atomic E-state index is 12.1. The SMILES string of the molecule is O=C(O)Cc1ccc(OC=S)cc1OCC(F)(F)F. The van der Waals surface area contributed by atoms with E-state index in [4.69, 9.17) is 9.84 Å². The Balaban J connectivity index is 2.96. The minimum absolute atomic E-state index is 0.119. The highest BCUT2D eigenvalue weighted by atomic mass is 32.1. The molecule has 1 rings (SSSR count). The molecule has 0 aliphatic heterocycles. The second kappa shape index (κ2) is 6.37. The monoisotopic (exact) mass is 294 g/mol. The average Bonchev–Trinajstić information content (AvgIpc) is 2.28. The third kappa shape index (κ3) is 5.56. The molecular formula is C11H9F3O4S. The van der Waals surface area contributed by atoms with E-state index >= 15 is 0 Å². The van der Waals surface area contributed by atoms with Gasteiger partial charge < -0.3 is 14.6 Å². The molecule has 104 valence electrons. The number of hydrogen-bond acceptors (Lipinski definition) is 4. The zero-order chi connectivity index (χ0) is 14.5. The Morgan fingerprint density at radius 3 is 2.63 bits per heavy atom. The van der Waals surface area contributed by atoms with Crippen molar-refractivity contribution in [1.29, 1.82) is 0 Å². The van der Waals surface area contributed by atoms with Gasteiger partial charge in [-0.05, 0) is 18.3 Å². The lowest BCUT2D eigenvalue weighted by atomic mass is 10.1. The van der Waals surface area contributed by atoms with Crippen LogP contribution < -0.4 is 9.47 Å². The van der Waals surface area contributed by atoms with E-state index in [1.807, 2.05) is 0 Å². The topological polar surface area (TPSA) is 55.8 Å². The summed E-state index contributed by atoms with van der Waals surface area (Å²) in [5.41, 5.74) is 1.05. The molecule has 0 bridgehead atoms. The van der Waals surface area contributed by atoms with Crippen LogP contribution in [0.15, 0.2) is 18.2 Å². The van der Waals surface area contributed by atoms with Gasteiger partial charge in [0.25, 0.3) is 0 Å². The Labute approximate surface area is 111 Å². The smallest absolute Gasteiger partial charge is 0.422 e. The second-order valence-corrected chi connectivity index (χ2v) is 3.65. The Kier molecular flexibility index (Phi) is 5.11. The number of hydrogen-bond donors (Lipinski definition) is 1. The number of carboxylic acid groups (broad SMARTS) is 1. The molecule has 0 amide bonds. The Morgan fingerprint density at radius 1 is 1.42 bits per heavy atom. The van der Waals surface area contributed by atoms with Gasteiger partial charge >= 0.3 is 12.1 Å². The van der Waals surface area contributed by atoms with Crippen molar-refractivity contribution >= 4 is 23.7 Å². The lowest BCUT2D eigenvalue weighted by Crippen LogP contribution is -2.20. The molecule has 1 N–H and O–H groups in total. The van der Waals surface area contributed by atoms with E-state index in [0.717, 1.165) is 11.6 Å². The fraction of sp³-hybridized carbons (Fsp3) is 0.273. The molecule has 19 heavy (non-hydrogen) atoms. The predicted molar refractivity (Wildman–Crippen MR) is 63.6 cm³/mol. The first-order valence-corrected chi connectivity index (χ1v) is 5.43. The van der Waals surface area contributed by atoms with Crippen LogP contribution >= 0.6 is 12.2 Å². The molecule has 0 aliphatic carbocycles. The summed E-state index contributed by atoms with van der Waals surface area (Å²) >= 11 is 4.44. The van der Waals surface area contributed by atoms with Crippen molar-refractivity contribution < 1.29 is 32.5 Å². The highest BCUT2D eigenvalue weighted by Crippen LogP contribution is 2.27. The average molecular weight is 294 g/mol. The van der Waals surface area contributed by atoms with Gasteiger partial charge in [-0.15, -0.1) is 0 Å². The van der Waals surface area contributed by atoms with E-state index in [-0.39, 0.29) is 17.1 Å². The van der Waals surface area contributed by atoms with Gasteiger partial charge in [-0.25, -0.2) is 0 Å². The van der Waals surface area contributed by atoms with Crippen LogP contribution in [-0.4, -0.2) is 29.4 Å². The van der Waals surface area contributed by atoms with Crippen LogP contribution in [-0.2, 0) is 11.2 Å². The summed E-state index contributed by atoms with van der Waals surface area (Å²) in [5, 5.41) is 8.66. The highest BCUT2D eigenvalue weighted by molar-refractivity contribution is 7.78. The fourth-order valence-corrected chi connectivity index (χ4v) is 1.38. The fourth-order valence-electron chi connectivity index (χ4n) is 1.27. The summed E-state index contributed by atoms with van der Waals surface area (Å²) in [6, 6.07) is 3.86. The number of rotatable bonds is 6. The minimum atomic E-state index is -4.51. The number of alkyl halides is 3. The van der Waals surface area contributed by atoms with Crippen LogP contribution in [0, 0.1) is 0 Å². The van der Waals surface area contributed by atoms with E-state index in [1.54, 1.807) is 0 Å². The number of aliphatic carboxylic acids is 1. The summed E-state index contributed by atoms with van der Waals surface area (Å²) < 4.78 is 45.7. The maximum Gasteiger partial charge on any atom is 0.422 e. The maximum absolute atomic E-state index is 12.1. The zero-order valence-electron chi connectivity index (χ0n) is 9.44. The van der Waals surface area contributed by atoms with Gasteiger partial charge in [0.05, 0.1) is 6.42 Å². The molecule has 8 heteroatoms. The molecule has 0 saturated heterocycles. The molecule has 0 aromatic heterocycles. The molecule has 0 unspecified atom stereocenters. The lowest BCUT2D eigenvalue weighted by Gasteiger charge is -2.13. The molecule has 0 radical (unpaired) electrons. The van der Waals surface area contributed by atoms with Gasteiger partial charge in [0.2, 0.25) is 0 Å². The number of carbonyl (C=O) groups is 1. The molecule has 0 aliphatic rings. The van der Waals surface area contributed by atoms with Gasteiger partial charge in [0.1, 0.15) is 11.5 Å². The summed E-state index contributed by atoms with van der Waals surface area (Å²) in [6.07, 6.45) is -4.97.